The molecule has 1 atom stereocenters. The highest BCUT2D eigenvalue weighted by Gasteiger charge is 2.27. The van der Waals surface area contributed by atoms with Gasteiger partial charge in [-0.1, -0.05) is 13.8 Å². The van der Waals surface area contributed by atoms with Crippen molar-refractivity contribution in [3.05, 3.63) is 35.0 Å². The maximum atomic E-state index is 13.2. The maximum Gasteiger partial charge on any atom is 0.261 e. The molecule has 0 saturated carbocycles. The third-order valence-electron chi connectivity index (χ3n) is 3.43. The number of thiophene rings is 1. The number of amides is 1. The van der Waals surface area contributed by atoms with E-state index in [4.69, 9.17) is 5.73 Å². The van der Waals surface area contributed by atoms with Gasteiger partial charge < -0.3 is 11.1 Å². The summed E-state index contributed by atoms with van der Waals surface area (Å²) in [6.07, 6.45) is 0.814. The van der Waals surface area contributed by atoms with Crippen LogP contribution in [0.15, 0.2) is 24.3 Å². The molecule has 0 aliphatic carbocycles. The Morgan fingerprint density at radius 3 is 2.68 bits per heavy atom. The molecule has 22 heavy (non-hydrogen) atoms. The highest BCUT2D eigenvalue weighted by molar-refractivity contribution is 7.20. The fourth-order valence-electron chi connectivity index (χ4n) is 2.55. The van der Waals surface area contributed by atoms with Crippen LogP contribution in [-0.2, 0) is 0 Å². The Morgan fingerprint density at radius 2 is 2.09 bits per heavy atom. The lowest BCUT2D eigenvalue weighted by Gasteiger charge is -2.31. The SMILES string of the molecule is CC(C)CC(C)(CN)NC(=O)c1cc2cc(F)ccc2s1.Cl. The molecule has 0 spiro atoms. The van der Waals surface area contributed by atoms with Crippen molar-refractivity contribution in [3.63, 3.8) is 0 Å². The van der Waals surface area contributed by atoms with E-state index in [1.54, 1.807) is 12.1 Å². The number of hydrogen-bond donors (Lipinski definition) is 2. The van der Waals surface area contributed by atoms with Gasteiger partial charge in [0.15, 0.2) is 0 Å². The van der Waals surface area contributed by atoms with Crippen LogP contribution in [0.2, 0.25) is 0 Å². The monoisotopic (exact) mass is 344 g/mol. The molecular weight excluding hydrogens is 323 g/mol. The first kappa shape index (κ1) is 18.9. The number of rotatable bonds is 5. The third-order valence-corrected chi connectivity index (χ3v) is 4.54. The Bertz CT molecular complexity index is 659. The van der Waals surface area contributed by atoms with Crippen molar-refractivity contribution in [1.82, 2.24) is 5.32 Å². The van der Waals surface area contributed by atoms with Gasteiger partial charge in [-0.2, -0.15) is 0 Å². The summed E-state index contributed by atoms with van der Waals surface area (Å²) >= 11 is 1.36. The van der Waals surface area contributed by atoms with E-state index >= 15 is 0 Å². The zero-order chi connectivity index (χ0) is 15.6. The van der Waals surface area contributed by atoms with Crippen molar-refractivity contribution in [2.24, 2.45) is 11.7 Å². The van der Waals surface area contributed by atoms with Gasteiger partial charge in [-0.25, -0.2) is 4.39 Å². The minimum absolute atomic E-state index is 0. The summed E-state index contributed by atoms with van der Waals surface area (Å²) in [5.74, 6) is -0.000533. The van der Waals surface area contributed by atoms with E-state index in [9.17, 15) is 9.18 Å². The van der Waals surface area contributed by atoms with E-state index in [2.05, 4.69) is 19.2 Å². The highest BCUT2D eigenvalue weighted by atomic mass is 35.5. The molecule has 1 aromatic heterocycles. The second kappa shape index (κ2) is 7.40. The molecule has 0 aliphatic rings. The lowest BCUT2D eigenvalue weighted by molar-refractivity contribution is 0.0902. The summed E-state index contributed by atoms with van der Waals surface area (Å²) in [7, 11) is 0. The molecular formula is C16H22ClFN2OS. The molecule has 1 aromatic carbocycles. The Hall–Kier alpha value is -1.17. The number of halogens is 2. The van der Waals surface area contributed by atoms with E-state index in [0.29, 0.717) is 17.3 Å². The molecule has 1 unspecified atom stereocenters. The van der Waals surface area contributed by atoms with Crippen LogP contribution in [0.25, 0.3) is 10.1 Å². The van der Waals surface area contributed by atoms with Crippen molar-refractivity contribution >= 4 is 39.7 Å². The second-order valence-electron chi connectivity index (χ2n) is 6.11. The van der Waals surface area contributed by atoms with Crippen molar-refractivity contribution < 1.29 is 9.18 Å². The number of fused-ring (bicyclic) bond motifs is 1. The predicted molar refractivity (Wildman–Crippen MR) is 93.4 cm³/mol. The normalized spacial score (nSPS) is 13.7. The number of hydrogen-bond acceptors (Lipinski definition) is 3. The van der Waals surface area contributed by atoms with Crippen LogP contribution in [0.5, 0.6) is 0 Å². The number of benzene rings is 1. The minimum Gasteiger partial charge on any atom is -0.345 e. The van der Waals surface area contributed by atoms with Crippen LogP contribution in [0.1, 0.15) is 36.9 Å². The van der Waals surface area contributed by atoms with Crippen molar-refractivity contribution in [1.29, 1.82) is 0 Å². The molecule has 2 rings (SSSR count). The lowest BCUT2D eigenvalue weighted by Crippen LogP contribution is -2.52. The minimum atomic E-state index is -0.424. The Morgan fingerprint density at radius 1 is 1.41 bits per heavy atom. The average molecular weight is 345 g/mol. The predicted octanol–water partition coefficient (Wildman–Crippen LogP) is 3.96. The van der Waals surface area contributed by atoms with E-state index in [1.807, 2.05) is 6.92 Å². The van der Waals surface area contributed by atoms with E-state index < -0.39 is 5.54 Å². The molecule has 3 nitrogen and oxygen atoms in total. The van der Waals surface area contributed by atoms with Gasteiger partial charge >= 0.3 is 0 Å². The summed E-state index contributed by atoms with van der Waals surface area (Å²) in [5, 5.41) is 3.77. The molecule has 1 amide bonds. The first-order valence-electron chi connectivity index (χ1n) is 7.05. The standard InChI is InChI=1S/C16H21FN2OS.ClH/c1-10(2)8-16(3,9-18)19-15(20)14-7-11-6-12(17)4-5-13(11)21-14;/h4-7,10H,8-9,18H2,1-3H3,(H,19,20);1H. The zero-order valence-corrected chi connectivity index (χ0v) is 14.6. The van der Waals surface area contributed by atoms with Crippen LogP contribution in [-0.4, -0.2) is 18.0 Å². The van der Waals surface area contributed by atoms with E-state index in [-0.39, 0.29) is 24.1 Å². The average Bonchev–Trinajstić information content (AvgIpc) is 2.80. The van der Waals surface area contributed by atoms with E-state index in [1.165, 1.54) is 23.5 Å². The van der Waals surface area contributed by atoms with Crippen LogP contribution >= 0.6 is 23.7 Å². The molecule has 6 heteroatoms. The molecule has 1 heterocycles. The van der Waals surface area contributed by atoms with Crippen molar-refractivity contribution in [2.75, 3.05) is 6.54 Å². The highest BCUT2D eigenvalue weighted by Crippen LogP contribution is 2.27. The Balaban J connectivity index is 0.00000242. The molecule has 0 fully saturated rings. The van der Waals surface area contributed by atoms with Gasteiger partial charge in [0, 0.05) is 11.2 Å². The summed E-state index contributed by atoms with van der Waals surface area (Å²) in [4.78, 5) is 13.0. The van der Waals surface area contributed by atoms with Crippen LogP contribution in [0.3, 0.4) is 0 Å². The number of nitrogens with two attached hydrogens (primary N) is 1. The fourth-order valence-corrected chi connectivity index (χ4v) is 3.49. The smallest absolute Gasteiger partial charge is 0.261 e. The van der Waals surface area contributed by atoms with Crippen molar-refractivity contribution in [3.8, 4) is 0 Å². The molecule has 0 radical (unpaired) electrons. The van der Waals surface area contributed by atoms with Gasteiger partial charge in [0.1, 0.15) is 5.82 Å². The topological polar surface area (TPSA) is 55.1 Å². The molecule has 3 N–H and O–H groups in total. The van der Waals surface area contributed by atoms with Gasteiger partial charge in [-0.05, 0) is 48.9 Å². The second-order valence-corrected chi connectivity index (χ2v) is 7.19. The van der Waals surface area contributed by atoms with Gasteiger partial charge in [0.2, 0.25) is 0 Å². The number of nitrogens with one attached hydrogen (secondary N) is 1. The summed E-state index contributed by atoms with van der Waals surface area (Å²) < 4.78 is 14.1. The Kier molecular flexibility index (Phi) is 6.35. The van der Waals surface area contributed by atoms with E-state index in [0.717, 1.165) is 16.5 Å². The first-order valence-corrected chi connectivity index (χ1v) is 7.86. The first-order chi connectivity index (χ1) is 9.83. The van der Waals surface area contributed by atoms with Crippen LogP contribution in [0.4, 0.5) is 4.39 Å². The summed E-state index contributed by atoms with van der Waals surface area (Å²) in [5.41, 5.74) is 5.39. The number of carbonyl (C=O) groups excluding carboxylic acids is 1. The molecule has 0 aliphatic heterocycles. The largest absolute Gasteiger partial charge is 0.345 e. The number of carbonyl (C=O) groups is 1. The van der Waals surface area contributed by atoms with Gasteiger partial charge in [0.05, 0.1) is 10.4 Å². The summed E-state index contributed by atoms with van der Waals surface area (Å²) in [6, 6.07) is 6.27. The van der Waals surface area contributed by atoms with Gasteiger partial charge in [0.25, 0.3) is 5.91 Å². The lowest BCUT2D eigenvalue weighted by atomic mass is 9.90. The van der Waals surface area contributed by atoms with Crippen molar-refractivity contribution in [2.45, 2.75) is 32.7 Å². The summed E-state index contributed by atoms with van der Waals surface area (Å²) in [6.45, 7) is 6.54. The van der Waals surface area contributed by atoms with Crippen LogP contribution < -0.4 is 11.1 Å². The molecule has 0 saturated heterocycles. The van der Waals surface area contributed by atoms with Crippen LogP contribution in [0, 0.1) is 11.7 Å². The fraction of sp³-hybridized carbons (Fsp3) is 0.438. The molecule has 0 bridgehead atoms. The Labute approximate surface area is 140 Å². The quantitative estimate of drug-likeness (QED) is 0.862. The third kappa shape index (κ3) is 4.41. The maximum absolute atomic E-state index is 13.2. The molecule has 2 aromatic rings. The van der Waals surface area contributed by atoms with Gasteiger partial charge in [-0.3, -0.25) is 4.79 Å². The molecule has 122 valence electrons. The zero-order valence-electron chi connectivity index (χ0n) is 13.0. The van der Waals surface area contributed by atoms with Gasteiger partial charge in [-0.15, -0.1) is 23.7 Å².